The maximum Gasteiger partial charge on any atom is 0.332 e. The van der Waals surface area contributed by atoms with Crippen LogP contribution in [0, 0.1) is 6.92 Å². The molecule has 0 aromatic carbocycles. The van der Waals surface area contributed by atoms with E-state index in [1.165, 1.54) is 15.9 Å². The maximum absolute atomic E-state index is 13.3. The van der Waals surface area contributed by atoms with E-state index in [9.17, 15) is 9.59 Å². The molecule has 2 aliphatic rings. The number of ether oxygens (including phenoxy) is 1. The predicted molar refractivity (Wildman–Crippen MR) is 107 cm³/mol. The molecule has 2 aromatic rings. The van der Waals surface area contributed by atoms with E-state index >= 15 is 0 Å². The number of nitrogens with zero attached hydrogens (tertiary/aromatic N) is 4. The molecule has 0 unspecified atom stereocenters. The first-order valence-electron chi connectivity index (χ1n) is 9.19. The lowest BCUT2D eigenvalue weighted by Crippen LogP contribution is -2.45. The summed E-state index contributed by atoms with van der Waals surface area (Å²) in [4.78, 5) is 34.4. The van der Waals surface area contributed by atoms with Crippen LogP contribution in [0.15, 0.2) is 14.6 Å². The second kappa shape index (κ2) is 6.49. The number of aromatic nitrogens is 2. The molecular formula is C18H25N5O3S. The van der Waals surface area contributed by atoms with Gasteiger partial charge in [0.25, 0.3) is 5.56 Å². The van der Waals surface area contributed by atoms with Crippen molar-refractivity contribution in [3.8, 4) is 0 Å². The van der Waals surface area contributed by atoms with Crippen molar-refractivity contribution in [2.45, 2.75) is 45.3 Å². The normalized spacial score (nSPS) is 18.3. The number of guanidine groups is 1. The third-order valence-electron chi connectivity index (χ3n) is 5.65. The van der Waals surface area contributed by atoms with E-state index in [1.807, 2.05) is 18.7 Å². The number of aliphatic imine (C=N–C) groups is 1. The van der Waals surface area contributed by atoms with Gasteiger partial charge in [0, 0.05) is 18.5 Å². The second-order valence-electron chi connectivity index (χ2n) is 7.56. The third-order valence-corrected chi connectivity index (χ3v) is 6.95. The maximum atomic E-state index is 13.3. The minimum atomic E-state index is -0.363. The quantitative estimate of drug-likeness (QED) is 0.787. The molecule has 0 radical (unpaired) electrons. The highest BCUT2D eigenvalue weighted by Gasteiger charge is 2.43. The summed E-state index contributed by atoms with van der Waals surface area (Å²) in [5, 5.41) is 0.647. The van der Waals surface area contributed by atoms with Crippen LogP contribution in [0.2, 0.25) is 0 Å². The smallest absolute Gasteiger partial charge is 0.332 e. The first-order valence-corrected chi connectivity index (χ1v) is 10.0. The van der Waals surface area contributed by atoms with Crippen LogP contribution in [0.25, 0.3) is 10.2 Å². The number of aryl methyl sites for hydroxylation is 1. The number of nitrogens with two attached hydrogens (primary N) is 1. The number of methoxy groups -OCH3 is 1. The fraction of sp³-hybridized carbons (Fsp3) is 0.611. The Hall–Kier alpha value is -2.13. The Balaban J connectivity index is 1.91. The second-order valence-corrected chi connectivity index (χ2v) is 8.64. The zero-order valence-corrected chi connectivity index (χ0v) is 16.8. The van der Waals surface area contributed by atoms with Gasteiger partial charge in [-0.3, -0.25) is 18.9 Å². The lowest BCUT2D eigenvalue weighted by Gasteiger charge is -2.16. The average Bonchev–Trinajstić information content (AvgIpc) is 3.09. The van der Waals surface area contributed by atoms with Crippen molar-refractivity contribution in [2.24, 2.45) is 10.7 Å². The predicted octanol–water partition coefficient (Wildman–Crippen LogP) is 0.819. The van der Waals surface area contributed by atoms with Crippen LogP contribution in [0.4, 0.5) is 0 Å². The highest BCUT2D eigenvalue weighted by Crippen LogP contribution is 2.41. The summed E-state index contributed by atoms with van der Waals surface area (Å²) in [7, 11) is 1.61. The van der Waals surface area contributed by atoms with Crippen LogP contribution in [0.5, 0.6) is 0 Å². The molecule has 0 bridgehead atoms. The molecule has 2 aromatic heterocycles. The van der Waals surface area contributed by atoms with Gasteiger partial charge in [0.15, 0.2) is 5.96 Å². The monoisotopic (exact) mass is 391 g/mol. The van der Waals surface area contributed by atoms with Gasteiger partial charge in [-0.25, -0.2) is 4.79 Å². The number of hydrogen-bond donors (Lipinski definition) is 1. The van der Waals surface area contributed by atoms with Crippen LogP contribution in [0.3, 0.4) is 0 Å². The topological polar surface area (TPSA) is 94.8 Å². The van der Waals surface area contributed by atoms with Crippen molar-refractivity contribution in [1.29, 1.82) is 0 Å². The minimum Gasteiger partial charge on any atom is -0.383 e. The zero-order valence-electron chi connectivity index (χ0n) is 15.9. The summed E-state index contributed by atoms with van der Waals surface area (Å²) in [5.41, 5.74) is 6.11. The molecule has 27 heavy (non-hydrogen) atoms. The van der Waals surface area contributed by atoms with Gasteiger partial charge in [-0.2, -0.15) is 0 Å². The van der Waals surface area contributed by atoms with Gasteiger partial charge in [0.2, 0.25) is 0 Å². The number of thiophene rings is 1. The number of fused-ring (bicyclic) bond motifs is 1. The first-order chi connectivity index (χ1) is 12.9. The van der Waals surface area contributed by atoms with E-state index in [0.29, 0.717) is 37.6 Å². The third kappa shape index (κ3) is 2.89. The number of rotatable bonds is 6. The van der Waals surface area contributed by atoms with Gasteiger partial charge in [-0.15, -0.1) is 11.3 Å². The first kappa shape index (κ1) is 18.2. The van der Waals surface area contributed by atoms with Crippen molar-refractivity contribution in [1.82, 2.24) is 14.0 Å². The summed E-state index contributed by atoms with van der Waals surface area (Å²) in [5.74, 6) is 0.534. The molecule has 8 nitrogen and oxygen atoms in total. The molecule has 0 amide bonds. The minimum absolute atomic E-state index is 0.174. The molecule has 0 saturated heterocycles. The molecule has 9 heteroatoms. The Kier molecular flexibility index (Phi) is 4.38. The molecule has 2 N–H and O–H groups in total. The van der Waals surface area contributed by atoms with E-state index in [1.54, 1.807) is 11.7 Å². The van der Waals surface area contributed by atoms with E-state index in [0.717, 1.165) is 34.7 Å². The van der Waals surface area contributed by atoms with Gasteiger partial charge in [-0.05, 0) is 32.3 Å². The van der Waals surface area contributed by atoms with Gasteiger partial charge < -0.3 is 15.4 Å². The molecular weight excluding hydrogens is 366 g/mol. The van der Waals surface area contributed by atoms with E-state index in [2.05, 4.69) is 4.99 Å². The Bertz CT molecular complexity index is 1040. The van der Waals surface area contributed by atoms with E-state index in [4.69, 9.17) is 10.5 Å². The Morgan fingerprint density at radius 3 is 2.67 bits per heavy atom. The summed E-state index contributed by atoms with van der Waals surface area (Å²) < 4.78 is 8.36. The highest BCUT2D eigenvalue weighted by atomic mass is 32.1. The van der Waals surface area contributed by atoms with Gasteiger partial charge >= 0.3 is 5.69 Å². The molecule has 1 saturated carbocycles. The fourth-order valence-electron chi connectivity index (χ4n) is 3.64. The van der Waals surface area contributed by atoms with Crippen molar-refractivity contribution in [3.63, 3.8) is 0 Å². The average molecular weight is 391 g/mol. The molecule has 146 valence electrons. The molecule has 0 spiro atoms. The van der Waals surface area contributed by atoms with E-state index in [-0.39, 0.29) is 16.8 Å². The summed E-state index contributed by atoms with van der Waals surface area (Å²) >= 11 is 1.50. The molecule has 1 fully saturated rings. The molecule has 1 aliphatic carbocycles. The molecule has 0 atom stereocenters. The standard InChI is InChI=1S/C18H25N5O3S/c1-11-12(10-21-7-6-20-16(21)19)27-15-13(11)14(24)23(18(2)4-5-18)17(25)22(15)8-9-26-3/h4-10H2,1-3H3,(H2,19,20). The molecule has 4 rings (SSSR count). The largest absolute Gasteiger partial charge is 0.383 e. The Morgan fingerprint density at radius 1 is 1.33 bits per heavy atom. The number of hydrogen-bond acceptors (Lipinski definition) is 7. The molecule has 3 heterocycles. The fourth-order valence-corrected chi connectivity index (χ4v) is 4.97. The van der Waals surface area contributed by atoms with Gasteiger partial charge in [-0.1, -0.05) is 0 Å². The van der Waals surface area contributed by atoms with Crippen LogP contribution >= 0.6 is 11.3 Å². The van der Waals surface area contributed by atoms with Crippen LogP contribution in [0.1, 0.15) is 30.2 Å². The van der Waals surface area contributed by atoms with Crippen molar-refractivity contribution < 1.29 is 4.74 Å². The SMILES string of the molecule is COCCn1c(=O)n(C2(C)CC2)c(=O)c2c(C)c(CN3CCN=C3N)sc21. The van der Waals surface area contributed by atoms with Gasteiger partial charge in [0.1, 0.15) is 4.83 Å². The zero-order chi connectivity index (χ0) is 19.3. The van der Waals surface area contributed by atoms with Crippen LogP contribution in [-0.4, -0.2) is 46.8 Å². The Labute approximate surface area is 160 Å². The lowest BCUT2D eigenvalue weighted by atomic mass is 10.2. The molecule has 1 aliphatic heterocycles. The lowest BCUT2D eigenvalue weighted by molar-refractivity contribution is 0.186. The Morgan fingerprint density at radius 2 is 2.07 bits per heavy atom. The summed E-state index contributed by atoms with van der Waals surface area (Å²) in [6, 6.07) is 0. The van der Waals surface area contributed by atoms with Crippen molar-refractivity contribution in [3.05, 3.63) is 31.3 Å². The van der Waals surface area contributed by atoms with Crippen LogP contribution in [-0.2, 0) is 23.4 Å². The van der Waals surface area contributed by atoms with Crippen molar-refractivity contribution >= 4 is 27.5 Å². The van der Waals surface area contributed by atoms with E-state index < -0.39 is 0 Å². The highest BCUT2D eigenvalue weighted by molar-refractivity contribution is 7.18. The van der Waals surface area contributed by atoms with Gasteiger partial charge in [0.05, 0.1) is 37.2 Å². The van der Waals surface area contributed by atoms with Crippen LogP contribution < -0.4 is 17.0 Å². The summed E-state index contributed by atoms with van der Waals surface area (Å²) in [6.45, 7) is 6.86. The summed E-state index contributed by atoms with van der Waals surface area (Å²) in [6.07, 6.45) is 1.71. The van der Waals surface area contributed by atoms with Crippen molar-refractivity contribution in [2.75, 3.05) is 26.8 Å².